The Morgan fingerprint density at radius 3 is 2.30 bits per heavy atom. The van der Waals surface area contributed by atoms with Crippen LogP contribution in [-0.2, 0) is 11.3 Å². The number of aromatic nitrogens is 2. The molecule has 0 radical (unpaired) electrons. The molecule has 0 saturated heterocycles. The van der Waals surface area contributed by atoms with Crippen molar-refractivity contribution in [2.75, 3.05) is 0 Å². The Labute approximate surface area is 213 Å². The van der Waals surface area contributed by atoms with Gasteiger partial charge in [-0.1, -0.05) is 60.2 Å². The Balaban J connectivity index is 1.44. The second-order valence-corrected chi connectivity index (χ2v) is 8.74. The topological polar surface area (TPSA) is 98.6 Å². The van der Waals surface area contributed by atoms with Crippen LogP contribution >= 0.6 is 0 Å². The maximum Gasteiger partial charge on any atom is 0.342 e. The predicted octanol–water partition coefficient (Wildman–Crippen LogP) is 6.29. The number of benzene rings is 4. The molecule has 0 saturated carbocycles. The Morgan fingerprint density at radius 1 is 0.838 bits per heavy atom. The standard InChI is InChI=1S/C30H24N2O5/c1-18-14-15-26(36-17-20-8-4-3-5-9-20)23(16-18)30(35)37-19(2)21-10-6-12-24-27(21)31-25-13-7-11-22(29(33)34)28(25)32-24/h3-16,19H,17H2,1-2H3,(H,33,34). The van der Waals surface area contributed by atoms with Crippen molar-refractivity contribution in [3.8, 4) is 5.75 Å². The van der Waals surface area contributed by atoms with Crippen molar-refractivity contribution in [3.63, 3.8) is 0 Å². The molecule has 0 bridgehead atoms. The molecule has 5 rings (SSSR count). The fraction of sp³-hybridized carbons (Fsp3) is 0.133. The van der Waals surface area contributed by atoms with Crippen molar-refractivity contribution in [1.82, 2.24) is 9.97 Å². The molecule has 1 heterocycles. The third kappa shape index (κ3) is 4.97. The third-order valence-corrected chi connectivity index (χ3v) is 6.07. The zero-order valence-electron chi connectivity index (χ0n) is 20.3. The Morgan fingerprint density at radius 2 is 1.54 bits per heavy atom. The normalized spacial score (nSPS) is 11.8. The van der Waals surface area contributed by atoms with Gasteiger partial charge in [0.15, 0.2) is 0 Å². The monoisotopic (exact) mass is 492 g/mol. The zero-order valence-corrected chi connectivity index (χ0v) is 20.3. The molecule has 1 unspecified atom stereocenters. The summed E-state index contributed by atoms with van der Waals surface area (Å²) < 4.78 is 11.8. The van der Waals surface area contributed by atoms with Gasteiger partial charge in [0.1, 0.15) is 29.5 Å². The van der Waals surface area contributed by atoms with E-state index in [1.807, 2.05) is 49.4 Å². The molecule has 1 aromatic heterocycles. The van der Waals surface area contributed by atoms with Crippen LogP contribution in [-0.4, -0.2) is 27.0 Å². The number of fused-ring (bicyclic) bond motifs is 2. The molecule has 4 aromatic carbocycles. The summed E-state index contributed by atoms with van der Waals surface area (Å²) in [6.07, 6.45) is -0.645. The molecule has 7 nitrogen and oxygen atoms in total. The average Bonchev–Trinajstić information content (AvgIpc) is 2.90. The number of carboxylic acid groups (broad SMARTS) is 1. The average molecular weight is 493 g/mol. The largest absolute Gasteiger partial charge is 0.488 e. The first-order valence-corrected chi connectivity index (χ1v) is 11.8. The summed E-state index contributed by atoms with van der Waals surface area (Å²) in [5, 5.41) is 9.51. The van der Waals surface area contributed by atoms with Gasteiger partial charge in [-0.05, 0) is 49.7 Å². The van der Waals surface area contributed by atoms with Crippen molar-refractivity contribution >= 4 is 34.0 Å². The van der Waals surface area contributed by atoms with E-state index in [1.54, 1.807) is 43.3 Å². The number of hydrogen-bond donors (Lipinski definition) is 1. The van der Waals surface area contributed by atoms with Gasteiger partial charge in [-0.2, -0.15) is 0 Å². The summed E-state index contributed by atoms with van der Waals surface area (Å²) in [6.45, 7) is 3.99. The Kier molecular flexibility index (Phi) is 6.51. The SMILES string of the molecule is Cc1ccc(OCc2ccccc2)c(C(=O)OC(C)c2cccc3nc4c(C(=O)O)cccc4nc23)c1. The first-order chi connectivity index (χ1) is 17.9. The first-order valence-electron chi connectivity index (χ1n) is 11.8. The second-order valence-electron chi connectivity index (χ2n) is 8.74. The number of aromatic carboxylic acids is 1. The van der Waals surface area contributed by atoms with Crippen molar-refractivity contribution in [2.24, 2.45) is 0 Å². The van der Waals surface area contributed by atoms with Crippen LogP contribution in [0.3, 0.4) is 0 Å². The number of esters is 1. The molecule has 0 aliphatic heterocycles. The third-order valence-electron chi connectivity index (χ3n) is 6.07. The molecule has 0 fully saturated rings. The number of aryl methyl sites for hydroxylation is 1. The van der Waals surface area contributed by atoms with E-state index < -0.39 is 18.0 Å². The van der Waals surface area contributed by atoms with Gasteiger partial charge < -0.3 is 14.6 Å². The van der Waals surface area contributed by atoms with Crippen molar-refractivity contribution in [1.29, 1.82) is 0 Å². The van der Waals surface area contributed by atoms with E-state index in [4.69, 9.17) is 9.47 Å². The summed E-state index contributed by atoms with van der Waals surface area (Å²) >= 11 is 0. The maximum absolute atomic E-state index is 13.3. The van der Waals surface area contributed by atoms with E-state index in [-0.39, 0.29) is 5.56 Å². The molecule has 1 atom stereocenters. The van der Waals surface area contributed by atoms with Gasteiger partial charge in [-0.3, -0.25) is 0 Å². The lowest BCUT2D eigenvalue weighted by molar-refractivity contribution is 0.0335. The molecular formula is C30H24N2O5. The number of ether oxygens (including phenoxy) is 2. The Bertz CT molecular complexity index is 1630. The number of rotatable bonds is 7. The highest BCUT2D eigenvalue weighted by Gasteiger charge is 2.21. The predicted molar refractivity (Wildman–Crippen MR) is 140 cm³/mol. The van der Waals surface area contributed by atoms with Crippen molar-refractivity contribution in [2.45, 2.75) is 26.6 Å². The van der Waals surface area contributed by atoms with Crippen LogP contribution in [0.1, 0.15) is 50.4 Å². The van der Waals surface area contributed by atoms with Gasteiger partial charge in [0.05, 0.1) is 22.1 Å². The smallest absolute Gasteiger partial charge is 0.342 e. The van der Waals surface area contributed by atoms with E-state index in [0.717, 1.165) is 11.1 Å². The van der Waals surface area contributed by atoms with E-state index in [1.165, 1.54) is 6.07 Å². The maximum atomic E-state index is 13.3. The quantitative estimate of drug-likeness (QED) is 0.211. The van der Waals surface area contributed by atoms with E-state index in [0.29, 0.717) is 45.6 Å². The van der Waals surface area contributed by atoms with Gasteiger partial charge >= 0.3 is 11.9 Å². The van der Waals surface area contributed by atoms with Crippen LogP contribution in [0.2, 0.25) is 0 Å². The van der Waals surface area contributed by atoms with Crippen LogP contribution in [0.5, 0.6) is 5.75 Å². The molecule has 0 aliphatic rings. The minimum absolute atomic E-state index is 0.0826. The van der Waals surface area contributed by atoms with Gasteiger partial charge in [0.25, 0.3) is 0 Å². The second kappa shape index (κ2) is 10.1. The Hall–Kier alpha value is -4.78. The molecule has 184 valence electrons. The van der Waals surface area contributed by atoms with Crippen LogP contribution in [0.25, 0.3) is 22.1 Å². The van der Waals surface area contributed by atoms with E-state index in [9.17, 15) is 14.7 Å². The fourth-order valence-electron chi connectivity index (χ4n) is 4.19. The number of carbonyl (C=O) groups is 2. The fourth-order valence-corrected chi connectivity index (χ4v) is 4.19. The first kappa shape index (κ1) is 23.9. The molecule has 7 heteroatoms. The van der Waals surface area contributed by atoms with Gasteiger partial charge in [0, 0.05) is 5.56 Å². The molecule has 0 spiro atoms. The lowest BCUT2D eigenvalue weighted by atomic mass is 10.1. The van der Waals surface area contributed by atoms with Crippen LogP contribution < -0.4 is 4.74 Å². The van der Waals surface area contributed by atoms with Gasteiger partial charge in [-0.15, -0.1) is 0 Å². The van der Waals surface area contributed by atoms with Crippen LogP contribution in [0.4, 0.5) is 0 Å². The summed E-state index contributed by atoms with van der Waals surface area (Å²) in [7, 11) is 0. The van der Waals surface area contributed by atoms with Crippen LogP contribution in [0, 0.1) is 6.92 Å². The summed E-state index contributed by atoms with van der Waals surface area (Å²) in [6, 6.07) is 25.3. The highest BCUT2D eigenvalue weighted by molar-refractivity contribution is 6.02. The lowest BCUT2D eigenvalue weighted by Crippen LogP contribution is -2.12. The number of nitrogens with zero attached hydrogens (tertiary/aromatic N) is 2. The van der Waals surface area contributed by atoms with Crippen molar-refractivity contribution < 1.29 is 24.2 Å². The molecule has 5 aromatic rings. The summed E-state index contributed by atoms with van der Waals surface area (Å²) in [4.78, 5) is 34.1. The summed E-state index contributed by atoms with van der Waals surface area (Å²) in [5.74, 6) is -1.14. The van der Waals surface area contributed by atoms with Crippen LogP contribution in [0.15, 0.2) is 84.9 Å². The zero-order chi connectivity index (χ0) is 25.9. The van der Waals surface area contributed by atoms with E-state index >= 15 is 0 Å². The molecule has 0 aliphatic carbocycles. The van der Waals surface area contributed by atoms with Gasteiger partial charge in [0.2, 0.25) is 0 Å². The van der Waals surface area contributed by atoms with Gasteiger partial charge in [-0.25, -0.2) is 19.6 Å². The molecule has 0 amide bonds. The minimum Gasteiger partial charge on any atom is -0.488 e. The number of hydrogen-bond acceptors (Lipinski definition) is 6. The highest BCUT2D eigenvalue weighted by Crippen LogP contribution is 2.30. The minimum atomic E-state index is -1.07. The number of carbonyl (C=O) groups excluding carboxylic acids is 1. The molecular weight excluding hydrogens is 468 g/mol. The number of para-hydroxylation sites is 2. The number of carboxylic acids is 1. The van der Waals surface area contributed by atoms with E-state index in [2.05, 4.69) is 9.97 Å². The lowest BCUT2D eigenvalue weighted by Gasteiger charge is -2.17. The molecule has 1 N–H and O–H groups in total. The highest BCUT2D eigenvalue weighted by atomic mass is 16.5. The van der Waals surface area contributed by atoms with Crippen molar-refractivity contribution in [3.05, 3.63) is 113 Å². The molecule has 37 heavy (non-hydrogen) atoms. The summed E-state index contributed by atoms with van der Waals surface area (Å²) in [5.41, 5.74) is 4.81.